The molecule has 0 bridgehead atoms. The number of likely N-dealkylation sites (N-methyl/N-ethyl adjacent to an activating group) is 1. The number of nitrogens with zero attached hydrogens (tertiary/aromatic N) is 5. The Balaban J connectivity index is 1.63. The lowest BCUT2D eigenvalue weighted by Gasteiger charge is -2.35. The highest BCUT2D eigenvalue weighted by Gasteiger charge is 2.22. The minimum absolute atomic E-state index is 0.701. The molecule has 146 valence electrons. The van der Waals surface area contributed by atoms with Crippen molar-refractivity contribution in [2.45, 2.75) is 6.92 Å². The molecule has 1 aliphatic heterocycles. The van der Waals surface area contributed by atoms with Crippen LogP contribution in [0.2, 0.25) is 0 Å². The molecule has 0 radical (unpaired) electrons. The number of piperazine rings is 1. The number of hydrogen-bond acceptors (Lipinski definition) is 6. The maximum atomic E-state index is 4.99. The predicted molar refractivity (Wildman–Crippen MR) is 120 cm³/mol. The first-order chi connectivity index (χ1) is 14.3. The Hall–Kier alpha value is -2.83. The molecule has 0 spiro atoms. The summed E-state index contributed by atoms with van der Waals surface area (Å²) in [6, 6.07) is 18.6. The third kappa shape index (κ3) is 3.61. The van der Waals surface area contributed by atoms with Crippen molar-refractivity contribution < 1.29 is 0 Å². The third-order valence-corrected chi connectivity index (χ3v) is 6.52. The Bertz CT molecular complexity index is 1100. The maximum absolute atomic E-state index is 4.99. The van der Waals surface area contributed by atoms with E-state index in [1.807, 2.05) is 18.2 Å². The summed E-state index contributed by atoms with van der Waals surface area (Å²) in [6.45, 7) is 7.43. The first-order valence-corrected chi connectivity index (χ1v) is 10.9. The van der Waals surface area contributed by atoms with Gasteiger partial charge in [0.15, 0.2) is 5.82 Å². The highest BCUT2D eigenvalue weighted by molar-refractivity contribution is 7.22. The number of hydrogen-bond donors (Lipinski definition) is 0. The van der Waals surface area contributed by atoms with Crippen molar-refractivity contribution in [3.05, 3.63) is 60.8 Å². The Labute approximate surface area is 174 Å². The number of fused-ring (bicyclic) bond motifs is 1. The van der Waals surface area contributed by atoms with Gasteiger partial charge in [-0.15, -0.1) is 11.3 Å². The summed E-state index contributed by atoms with van der Waals surface area (Å²) in [4.78, 5) is 21.5. The van der Waals surface area contributed by atoms with Crippen LogP contribution in [0.5, 0.6) is 0 Å². The molecule has 4 aromatic rings. The first kappa shape index (κ1) is 18.2. The molecule has 4 heterocycles. The Kier molecular flexibility index (Phi) is 4.96. The van der Waals surface area contributed by atoms with Gasteiger partial charge in [-0.05, 0) is 30.3 Å². The lowest BCUT2D eigenvalue weighted by Crippen LogP contribution is -2.46. The molecule has 0 aliphatic carbocycles. The van der Waals surface area contributed by atoms with Crippen molar-refractivity contribution in [2.24, 2.45) is 0 Å². The van der Waals surface area contributed by atoms with E-state index in [1.54, 1.807) is 17.5 Å². The van der Waals surface area contributed by atoms with Gasteiger partial charge in [0.25, 0.3) is 0 Å². The zero-order chi connectivity index (χ0) is 19.6. The number of benzene rings is 1. The van der Waals surface area contributed by atoms with Gasteiger partial charge in [0.05, 0.1) is 5.39 Å². The molecule has 0 unspecified atom stereocenters. The van der Waals surface area contributed by atoms with Crippen LogP contribution in [0.3, 0.4) is 0 Å². The van der Waals surface area contributed by atoms with E-state index in [4.69, 9.17) is 9.97 Å². The zero-order valence-corrected chi connectivity index (χ0v) is 17.3. The van der Waals surface area contributed by atoms with Crippen LogP contribution in [-0.4, -0.2) is 52.6 Å². The Morgan fingerprint density at radius 1 is 0.931 bits per heavy atom. The molecule has 0 saturated carbocycles. The molecule has 1 aromatic carbocycles. The van der Waals surface area contributed by atoms with E-state index in [2.05, 4.69) is 58.1 Å². The van der Waals surface area contributed by atoms with Gasteiger partial charge in [-0.3, -0.25) is 4.98 Å². The van der Waals surface area contributed by atoms with Crippen LogP contribution in [0.1, 0.15) is 6.92 Å². The Morgan fingerprint density at radius 2 is 1.72 bits per heavy atom. The number of thiophene rings is 1. The average molecular weight is 402 g/mol. The molecule has 0 atom stereocenters. The lowest BCUT2D eigenvalue weighted by molar-refractivity contribution is 0.271. The van der Waals surface area contributed by atoms with Gasteiger partial charge in [0.2, 0.25) is 0 Å². The summed E-state index contributed by atoms with van der Waals surface area (Å²) in [5.41, 5.74) is 2.04. The molecular weight excluding hydrogens is 378 g/mol. The quantitative estimate of drug-likeness (QED) is 0.501. The van der Waals surface area contributed by atoms with Crippen LogP contribution in [0.25, 0.3) is 32.2 Å². The fourth-order valence-electron chi connectivity index (χ4n) is 3.78. The second-order valence-corrected chi connectivity index (χ2v) is 8.23. The molecule has 0 N–H and O–H groups in total. The predicted octanol–water partition coefficient (Wildman–Crippen LogP) is 4.56. The molecule has 5 rings (SSSR count). The van der Waals surface area contributed by atoms with Crippen molar-refractivity contribution in [2.75, 3.05) is 37.6 Å². The van der Waals surface area contributed by atoms with Crippen molar-refractivity contribution in [3.8, 4) is 22.0 Å². The summed E-state index contributed by atoms with van der Waals surface area (Å²) in [6.07, 6.45) is 1.80. The molecule has 3 aromatic heterocycles. The smallest absolute Gasteiger partial charge is 0.181 e. The maximum Gasteiger partial charge on any atom is 0.181 e. The lowest BCUT2D eigenvalue weighted by atomic mass is 10.2. The van der Waals surface area contributed by atoms with Gasteiger partial charge >= 0.3 is 0 Å². The summed E-state index contributed by atoms with van der Waals surface area (Å²) >= 11 is 1.73. The largest absolute Gasteiger partial charge is 0.353 e. The van der Waals surface area contributed by atoms with E-state index in [-0.39, 0.29) is 0 Å². The van der Waals surface area contributed by atoms with Gasteiger partial charge in [0, 0.05) is 37.3 Å². The van der Waals surface area contributed by atoms with Crippen LogP contribution >= 0.6 is 11.3 Å². The highest BCUT2D eigenvalue weighted by Crippen LogP contribution is 2.37. The normalized spacial score (nSPS) is 15.1. The molecule has 29 heavy (non-hydrogen) atoms. The Morgan fingerprint density at radius 3 is 2.45 bits per heavy atom. The van der Waals surface area contributed by atoms with Crippen LogP contribution < -0.4 is 4.90 Å². The second-order valence-electron chi connectivity index (χ2n) is 7.20. The summed E-state index contributed by atoms with van der Waals surface area (Å²) in [5, 5.41) is 1.14. The van der Waals surface area contributed by atoms with E-state index in [9.17, 15) is 0 Å². The van der Waals surface area contributed by atoms with Gasteiger partial charge in [-0.1, -0.05) is 43.3 Å². The van der Waals surface area contributed by atoms with Gasteiger partial charge in [-0.2, -0.15) is 0 Å². The molecule has 0 amide bonds. The fraction of sp³-hybridized carbons (Fsp3) is 0.261. The SMILES string of the molecule is CCN1CCN(c2nc(-c3ccccn3)nc3sc(-c4ccccc4)cc23)CC1. The van der Waals surface area contributed by atoms with Crippen molar-refractivity contribution in [1.82, 2.24) is 19.9 Å². The minimum Gasteiger partial charge on any atom is -0.353 e. The van der Waals surface area contributed by atoms with Crippen LogP contribution in [-0.2, 0) is 0 Å². The minimum atomic E-state index is 0.701. The number of anilines is 1. The number of pyridine rings is 1. The second kappa shape index (κ2) is 7.89. The van der Waals surface area contributed by atoms with Crippen molar-refractivity contribution in [1.29, 1.82) is 0 Å². The van der Waals surface area contributed by atoms with Gasteiger partial charge in [0.1, 0.15) is 16.3 Å². The number of rotatable bonds is 4. The molecule has 5 nitrogen and oxygen atoms in total. The monoisotopic (exact) mass is 401 g/mol. The topological polar surface area (TPSA) is 45.2 Å². The van der Waals surface area contributed by atoms with Crippen LogP contribution in [0.15, 0.2) is 60.8 Å². The summed E-state index contributed by atoms with van der Waals surface area (Å²) < 4.78 is 0. The van der Waals surface area contributed by atoms with Crippen LogP contribution in [0.4, 0.5) is 5.82 Å². The summed E-state index contributed by atoms with van der Waals surface area (Å²) in [5.74, 6) is 1.73. The van der Waals surface area contributed by atoms with Gasteiger partial charge < -0.3 is 9.80 Å². The van der Waals surface area contributed by atoms with E-state index < -0.39 is 0 Å². The standard InChI is InChI=1S/C23H23N5S/c1-2-27-12-14-28(15-13-27)22-18-16-20(17-8-4-3-5-9-17)29-23(18)26-21(25-22)19-10-6-7-11-24-19/h3-11,16H,2,12-15H2,1H3. The molecule has 1 saturated heterocycles. The average Bonchev–Trinajstić information content (AvgIpc) is 3.24. The fourth-order valence-corrected chi connectivity index (χ4v) is 4.81. The first-order valence-electron chi connectivity index (χ1n) is 10.1. The summed E-state index contributed by atoms with van der Waals surface area (Å²) in [7, 11) is 0. The van der Waals surface area contributed by atoms with E-state index >= 15 is 0 Å². The van der Waals surface area contributed by atoms with E-state index in [0.29, 0.717) is 5.82 Å². The van der Waals surface area contributed by atoms with E-state index in [0.717, 1.165) is 54.5 Å². The zero-order valence-electron chi connectivity index (χ0n) is 16.5. The van der Waals surface area contributed by atoms with Crippen molar-refractivity contribution >= 4 is 27.4 Å². The van der Waals surface area contributed by atoms with Crippen molar-refractivity contribution in [3.63, 3.8) is 0 Å². The van der Waals surface area contributed by atoms with Crippen LogP contribution in [0, 0.1) is 0 Å². The molecule has 1 aliphatic rings. The van der Waals surface area contributed by atoms with Gasteiger partial charge in [-0.25, -0.2) is 9.97 Å². The molecule has 1 fully saturated rings. The number of aromatic nitrogens is 3. The highest BCUT2D eigenvalue weighted by atomic mass is 32.1. The molecular formula is C23H23N5S. The van der Waals surface area contributed by atoms with E-state index in [1.165, 1.54) is 10.4 Å². The third-order valence-electron chi connectivity index (χ3n) is 5.44. The molecule has 6 heteroatoms.